The lowest BCUT2D eigenvalue weighted by molar-refractivity contribution is 1.26. The van der Waals surface area contributed by atoms with Crippen LogP contribution in [0.1, 0.15) is 11.1 Å². The van der Waals surface area contributed by atoms with Crippen LogP contribution >= 0.6 is 0 Å². The Bertz CT molecular complexity index is 4270. The summed E-state index contributed by atoms with van der Waals surface area (Å²) < 4.78 is 0. The van der Waals surface area contributed by atoms with Gasteiger partial charge in [-0.3, -0.25) is 0 Å². The fraction of sp³-hybridized carbons (Fsp3) is 0.0256. The summed E-state index contributed by atoms with van der Waals surface area (Å²) in [5.74, 6) is 0. The van der Waals surface area contributed by atoms with E-state index >= 15 is 0 Å². The average molecular weight is 1050 g/mol. The first kappa shape index (κ1) is 49.6. The van der Waals surface area contributed by atoms with Crippen LogP contribution in [0.2, 0.25) is 0 Å². The molecule has 0 bridgehead atoms. The Morgan fingerprint density at radius 2 is 0.415 bits per heavy atom. The highest BCUT2D eigenvalue weighted by molar-refractivity contribution is 6.04. The second kappa shape index (κ2) is 21.5. The Labute approximate surface area is 479 Å². The van der Waals surface area contributed by atoms with Crippen molar-refractivity contribution in [2.24, 2.45) is 0 Å². The van der Waals surface area contributed by atoms with E-state index in [0.717, 1.165) is 79.4 Å². The molecule has 14 aromatic rings. The molecule has 4 nitrogen and oxygen atoms in total. The number of para-hydroxylation sites is 2. The topological polar surface area (TPSA) is 13.0 Å². The third-order valence-electron chi connectivity index (χ3n) is 16.1. The van der Waals surface area contributed by atoms with Crippen molar-refractivity contribution in [2.75, 3.05) is 19.6 Å². The third kappa shape index (κ3) is 9.22. The lowest BCUT2D eigenvalue weighted by Crippen LogP contribution is -2.13. The van der Waals surface area contributed by atoms with Crippen molar-refractivity contribution in [1.29, 1.82) is 0 Å². The number of hydrogen-bond acceptors (Lipinski definition) is 4. The summed E-state index contributed by atoms with van der Waals surface area (Å²) in [6.07, 6.45) is 0. The molecule has 0 aliphatic carbocycles. The maximum absolute atomic E-state index is 2.39. The monoisotopic (exact) mass is 1050 g/mol. The third-order valence-corrected chi connectivity index (χ3v) is 16.1. The Morgan fingerprint density at radius 3 is 0.756 bits per heavy atom. The summed E-state index contributed by atoms with van der Waals surface area (Å²) >= 11 is 0. The van der Waals surface area contributed by atoms with Gasteiger partial charge in [0.05, 0.1) is 22.7 Å². The highest BCUT2D eigenvalue weighted by Gasteiger charge is 2.22. The fourth-order valence-corrected chi connectivity index (χ4v) is 12.0. The van der Waals surface area contributed by atoms with Crippen molar-refractivity contribution in [3.63, 3.8) is 0 Å². The predicted molar refractivity (Wildman–Crippen MR) is 350 cm³/mol. The minimum Gasteiger partial charge on any atom is -0.310 e. The maximum atomic E-state index is 2.39. The van der Waals surface area contributed by atoms with Crippen LogP contribution in [-0.4, -0.2) is 0 Å². The molecule has 0 aliphatic rings. The van der Waals surface area contributed by atoms with Crippen LogP contribution in [0.3, 0.4) is 0 Å². The standard InChI is InChI=1S/C78H58N4/c1-55-35-53-77(73-31-15-13-27-69(55)73)79(61-23-5-3-6-24-61)65-45-49-67(50-46-65)81(75-33-17-21-59-19-9-11-29-71(59)75)63-41-37-57(38-42-63)58-39-43-64(44-40-58)82(76-34-18-22-60-20-10-12-30-72(60)76)68-51-47-66(48-52-68)80(62-25-7-4-8-26-62)78-54-36-56(2)70-28-14-16-32-74(70)78/h3-54H,1-2H3. The van der Waals surface area contributed by atoms with E-state index in [1.54, 1.807) is 0 Å². The minimum atomic E-state index is 1.07. The molecule has 14 aromatic carbocycles. The molecule has 0 saturated carbocycles. The first-order chi connectivity index (χ1) is 40.5. The smallest absolute Gasteiger partial charge is 0.0540 e. The molecule has 0 amide bonds. The molecule has 0 aromatic heterocycles. The van der Waals surface area contributed by atoms with Gasteiger partial charge in [-0.05, 0) is 179 Å². The van der Waals surface area contributed by atoms with Gasteiger partial charge in [0.15, 0.2) is 0 Å². The fourth-order valence-electron chi connectivity index (χ4n) is 12.0. The maximum Gasteiger partial charge on any atom is 0.0540 e. The Kier molecular flexibility index (Phi) is 13.0. The summed E-state index contributed by atoms with van der Waals surface area (Å²) in [4.78, 5) is 9.53. The van der Waals surface area contributed by atoms with Crippen molar-refractivity contribution in [1.82, 2.24) is 0 Å². The van der Waals surface area contributed by atoms with Gasteiger partial charge in [0.25, 0.3) is 0 Å². The van der Waals surface area contributed by atoms with Gasteiger partial charge in [-0.25, -0.2) is 0 Å². The first-order valence-electron chi connectivity index (χ1n) is 28.2. The Hall–Kier alpha value is -10.7. The molecule has 14 rings (SSSR count). The lowest BCUT2D eigenvalue weighted by atomic mass is 10.0. The highest BCUT2D eigenvalue weighted by Crippen LogP contribution is 2.46. The van der Waals surface area contributed by atoms with Crippen LogP contribution in [0.5, 0.6) is 0 Å². The number of hydrogen-bond donors (Lipinski definition) is 0. The second-order valence-corrected chi connectivity index (χ2v) is 21.0. The van der Waals surface area contributed by atoms with Crippen LogP contribution in [0.4, 0.5) is 68.2 Å². The van der Waals surface area contributed by atoms with Crippen LogP contribution in [0.15, 0.2) is 315 Å². The quantitative estimate of drug-likeness (QED) is 0.114. The molecule has 0 radical (unpaired) electrons. The van der Waals surface area contributed by atoms with E-state index in [4.69, 9.17) is 0 Å². The summed E-state index contributed by atoms with van der Waals surface area (Å²) in [5.41, 5.74) is 18.0. The number of nitrogens with zero attached hydrogens (tertiary/aromatic N) is 4. The van der Waals surface area contributed by atoms with Crippen molar-refractivity contribution in [2.45, 2.75) is 13.8 Å². The van der Waals surface area contributed by atoms with E-state index in [-0.39, 0.29) is 0 Å². The molecular weight excluding hydrogens is 993 g/mol. The average Bonchev–Trinajstić information content (AvgIpc) is 3.64. The SMILES string of the molecule is Cc1ccc(N(c2ccccc2)c2ccc(N(c3ccc(-c4ccc(N(c5ccc(N(c6ccccc6)c6ccc(C)c7ccccc67)cc5)c5cccc6ccccc56)cc4)cc3)c3cccc4ccccc34)cc2)c2ccccc12. The lowest BCUT2D eigenvalue weighted by Gasteiger charge is -2.30. The van der Waals surface area contributed by atoms with Gasteiger partial charge in [0.1, 0.15) is 0 Å². The van der Waals surface area contributed by atoms with Gasteiger partial charge >= 0.3 is 0 Å². The van der Waals surface area contributed by atoms with E-state index < -0.39 is 0 Å². The largest absolute Gasteiger partial charge is 0.310 e. The van der Waals surface area contributed by atoms with Gasteiger partial charge < -0.3 is 19.6 Å². The zero-order valence-electron chi connectivity index (χ0n) is 45.8. The molecule has 0 saturated heterocycles. The Balaban J connectivity index is 0.818. The number of fused-ring (bicyclic) bond motifs is 4. The number of aryl methyl sites for hydroxylation is 2. The zero-order valence-corrected chi connectivity index (χ0v) is 45.8. The molecule has 0 spiro atoms. The zero-order chi connectivity index (χ0) is 54.9. The van der Waals surface area contributed by atoms with E-state index in [1.807, 2.05) is 0 Å². The number of benzene rings is 14. The van der Waals surface area contributed by atoms with Crippen LogP contribution in [-0.2, 0) is 0 Å². The van der Waals surface area contributed by atoms with Crippen molar-refractivity contribution < 1.29 is 0 Å². The normalized spacial score (nSPS) is 11.3. The highest BCUT2D eigenvalue weighted by atomic mass is 15.2. The van der Waals surface area contributed by atoms with E-state index in [1.165, 1.54) is 54.2 Å². The van der Waals surface area contributed by atoms with Gasteiger partial charge in [-0.1, -0.05) is 194 Å². The molecule has 0 N–H and O–H groups in total. The molecule has 390 valence electrons. The van der Waals surface area contributed by atoms with Crippen LogP contribution in [0, 0.1) is 13.8 Å². The van der Waals surface area contributed by atoms with Crippen LogP contribution in [0.25, 0.3) is 54.2 Å². The van der Waals surface area contributed by atoms with E-state index in [9.17, 15) is 0 Å². The van der Waals surface area contributed by atoms with E-state index in [2.05, 4.69) is 349 Å². The summed E-state index contributed by atoms with van der Waals surface area (Å²) in [6.45, 7) is 4.38. The molecule has 0 heterocycles. The first-order valence-corrected chi connectivity index (χ1v) is 28.2. The van der Waals surface area contributed by atoms with Gasteiger partial charge in [-0.15, -0.1) is 0 Å². The predicted octanol–water partition coefficient (Wildman–Crippen LogP) is 22.5. The van der Waals surface area contributed by atoms with Crippen molar-refractivity contribution in [3.05, 3.63) is 327 Å². The van der Waals surface area contributed by atoms with Gasteiger partial charge in [0, 0.05) is 67.0 Å². The number of anilines is 12. The molecule has 0 fully saturated rings. The van der Waals surface area contributed by atoms with Crippen LogP contribution < -0.4 is 19.6 Å². The minimum absolute atomic E-state index is 1.07. The Morgan fingerprint density at radius 1 is 0.171 bits per heavy atom. The molecule has 0 atom stereocenters. The molecule has 0 unspecified atom stereocenters. The summed E-state index contributed by atoms with van der Waals surface area (Å²) in [7, 11) is 0. The van der Waals surface area contributed by atoms with E-state index in [0.29, 0.717) is 0 Å². The summed E-state index contributed by atoms with van der Waals surface area (Å²) in [6, 6.07) is 114. The number of rotatable bonds is 13. The van der Waals surface area contributed by atoms with Gasteiger partial charge in [-0.2, -0.15) is 0 Å². The molecular formula is C78H58N4. The second-order valence-electron chi connectivity index (χ2n) is 21.0. The van der Waals surface area contributed by atoms with Gasteiger partial charge in [0.2, 0.25) is 0 Å². The molecule has 82 heavy (non-hydrogen) atoms. The summed E-state index contributed by atoms with van der Waals surface area (Å²) in [5, 5.41) is 9.69. The van der Waals surface area contributed by atoms with Crippen molar-refractivity contribution >= 4 is 111 Å². The van der Waals surface area contributed by atoms with Crippen molar-refractivity contribution in [3.8, 4) is 11.1 Å². The molecule has 4 heteroatoms. The molecule has 0 aliphatic heterocycles.